The summed E-state index contributed by atoms with van der Waals surface area (Å²) in [6, 6.07) is 1.87. The fourth-order valence-corrected chi connectivity index (χ4v) is 1.20. The van der Waals surface area contributed by atoms with Crippen molar-refractivity contribution in [2.24, 2.45) is 5.84 Å². The van der Waals surface area contributed by atoms with E-state index in [4.69, 9.17) is 5.84 Å². The first kappa shape index (κ1) is 13.6. The Labute approximate surface area is 97.4 Å². The van der Waals surface area contributed by atoms with Gasteiger partial charge in [0.2, 0.25) is 0 Å². The molecule has 0 saturated carbocycles. The zero-order chi connectivity index (χ0) is 13.1. The van der Waals surface area contributed by atoms with Gasteiger partial charge in [0.15, 0.2) is 0 Å². The fourth-order valence-electron chi connectivity index (χ4n) is 1.20. The molecular weight excluding hydrogens is 233 g/mol. The molecule has 0 saturated heterocycles. The zero-order valence-corrected chi connectivity index (χ0v) is 9.60. The first-order valence-corrected chi connectivity index (χ1v) is 5.19. The number of nitrogens with one attached hydrogen (secondary N) is 2. The summed E-state index contributed by atoms with van der Waals surface area (Å²) >= 11 is 0. The number of pyridine rings is 1. The zero-order valence-electron chi connectivity index (χ0n) is 9.60. The molecule has 0 aliphatic heterocycles. The molecule has 0 aliphatic rings. The molecule has 0 aliphatic carbocycles. The van der Waals surface area contributed by atoms with Crippen LogP contribution in [0, 0.1) is 0 Å². The van der Waals surface area contributed by atoms with Crippen LogP contribution in [0.15, 0.2) is 12.1 Å². The van der Waals surface area contributed by atoms with Gasteiger partial charge in [-0.15, -0.1) is 0 Å². The Bertz CT molecular complexity index is 378. The van der Waals surface area contributed by atoms with E-state index >= 15 is 0 Å². The summed E-state index contributed by atoms with van der Waals surface area (Å²) in [6.07, 6.45) is -3.64. The van der Waals surface area contributed by atoms with Crippen LogP contribution >= 0.6 is 0 Å². The quantitative estimate of drug-likeness (QED) is 0.566. The molecule has 0 fully saturated rings. The van der Waals surface area contributed by atoms with Gasteiger partial charge in [0, 0.05) is 6.04 Å². The molecule has 1 heterocycles. The third-order valence-electron chi connectivity index (χ3n) is 2.31. The molecule has 1 rings (SSSR count). The van der Waals surface area contributed by atoms with Gasteiger partial charge in [-0.2, -0.15) is 13.2 Å². The molecule has 4 nitrogen and oxygen atoms in total. The molecule has 0 bridgehead atoms. The first-order chi connectivity index (χ1) is 7.86. The van der Waals surface area contributed by atoms with Gasteiger partial charge in [-0.25, -0.2) is 10.8 Å². The molecule has 0 aromatic carbocycles. The summed E-state index contributed by atoms with van der Waals surface area (Å²) in [7, 11) is 0. The number of nitrogen functional groups attached to an aromatic ring is 1. The van der Waals surface area contributed by atoms with Crippen molar-refractivity contribution in [3.05, 3.63) is 17.7 Å². The number of aromatic nitrogens is 1. The van der Waals surface area contributed by atoms with Crippen molar-refractivity contribution in [2.45, 2.75) is 32.5 Å². The van der Waals surface area contributed by atoms with Gasteiger partial charge in [-0.05, 0) is 25.5 Å². The molecule has 96 valence electrons. The molecule has 0 spiro atoms. The van der Waals surface area contributed by atoms with Crippen LogP contribution in [-0.2, 0) is 6.18 Å². The van der Waals surface area contributed by atoms with E-state index in [0.29, 0.717) is 0 Å². The maximum atomic E-state index is 12.6. The number of anilines is 2. The predicted octanol–water partition coefficient (Wildman–Crippen LogP) is 2.60. The summed E-state index contributed by atoms with van der Waals surface area (Å²) in [5, 5.41) is 2.87. The molecule has 1 unspecified atom stereocenters. The van der Waals surface area contributed by atoms with Crippen LogP contribution in [0.1, 0.15) is 25.8 Å². The second-order valence-corrected chi connectivity index (χ2v) is 3.72. The summed E-state index contributed by atoms with van der Waals surface area (Å²) < 4.78 is 37.7. The highest BCUT2D eigenvalue weighted by Gasteiger charge is 2.31. The number of rotatable bonds is 4. The van der Waals surface area contributed by atoms with Crippen LogP contribution in [0.25, 0.3) is 0 Å². The summed E-state index contributed by atoms with van der Waals surface area (Å²) in [4.78, 5) is 3.91. The average Bonchev–Trinajstić information content (AvgIpc) is 2.27. The van der Waals surface area contributed by atoms with Crippen molar-refractivity contribution in [1.29, 1.82) is 0 Å². The summed E-state index contributed by atoms with van der Waals surface area (Å²) in [5.74, 6) is 5.22. The molecule has 4 N–H and O–H groups in total. The van der Waals surface area contributed by atoms with E-state index < -0.39 is 11.7 Å². The van der Waals surface area contributed by atoms with Gasteiger partial charge < -0.3 is 10.7 Å². The minimum absolute atomic E-state index is 0.0226. The largest absolute Gasteiger partial charge is 0.416 e. The van der Waals surface area contributed by atoms with E-state index in [1.807, 2.05) is 13.8 Å². The third kappa shape index (κ3) is 3.77. The molecule has 1 atom stereocenters. The van der Waals surface area contributed by atoms with Crippen molar-refractivity contribution in [3.63, 3.8) is 0 Å². The Kier molecular flexibility index (Phi) is 4.17. The number of nitrogens with two attached hydrogens (primary N) is 1. The lowest BCUT2D eigenvalue weighted by Crippen LogP contribution is -2.18. The first-order valence-electron chi connectivity index (χ1n) is 5.19. The standard InChI is InChI=1S/C10H15F3N4/c1-3-6(2)15-8-4-7(10(11,12)13)5-9(16-8)17-14/h4-6H,3,14H2,1-2H3,(H2,15,16,17). The number of alkyl halides is 3. The fraction of sp³-hybridized carbons (Fsp3) is 0.500. The Balaban J connectivity index is 3.05. The van der Waals surface area contributed by atoms with Crippen LogP contribution in [0.5, 0.6) is 0 Å². The van der Waals surface area contributed by atoms with Gasteiger partial charge in [0.1, 0.15) is 11.6 Å². The molecule has 1 aromatic heterocycles. The highest BCUT2D eigenvalue weighted by Crippen LogP contribution is 2.32. The van der Waals surface area contributed by atoms with Crippen LogP contribution in [0.4, 0.5) is 24.8 Å². The topological polar surface area (TPSA) is 63.0 Å². The van der Waals surface area contributed by atoms with E-state index in [1.54, 1.807) is 0 Å². The normalized spacial score (nSPS) is 13.3. The van der Waals surface area contributed by atoms with Gasteiger partial charge in [-0.1, -0.05) is 6.92 Å². The second-order valence-electron chi connectivity index (χ2n) is 3.72. The van der Waals surface area contributed by atoms with Crippen LogP contribution in [0.2, 0.25) is 0 Å². The minimum Gasteiger partial charge on any atom is -0.368 e. The highest BCUT2D eigenvalue weighted by molar-refractivity contribution is 5.49. The van der Waals surface area contributed by atoms with Crippen molar-refractivity contribution < 1.29 is 13.2 Å². The molecular formula is C10H15F3N4. The van der Waals surface area contributed by atoms with Crippen molar-refractivity contribution in [2.75, 3.05) is 10.7 Å². The van der Waals surface area contributed by atoms with Gasteiger partial charge in [0.25, 0.3) is 0 Å². The van der Waals surface area contributed by atoms with Crippen molar-refractivity contribution in [3.8, 4) is 0 Å². The predicted molar refractivity (Wildman–Crippen MR) is 60.4 cm³/mol. The van der Waals surface area contributed by atoms with Gasteiger partial charge in [-0.3, -0.25) is 0 Å². The van der Waals surface area contributed by atoms with E-state index in [9.17, 15) is 13.2 Å². The number of nitrogens with zero attached hydrogens (tertiary/aromatic N) is 1. The van der Waals surface area contributed by atoms with Crippen LogP contribution in [0.3, 0.4) is 0 Å². The SMILES string of the molecule is CCC(C)Nc1cc(C(F)(F)F)cc(NN)n1. The van der Waals surface area contributed by atoms with Crippen molar-refractivity contribution >= 4 is 11.6 Å². The van der Waals surface area contributed by atoms with Crippen LogP contribution in [-0.4, -0.2) is 11.0 Å². The van der Waals surface area contributed by atoms with E-state index in [0.717, 1.165) is 18.6 Å². The highest BCUT2D eigenvalue weighted by atomic mass is 19.4. The van der Waals surface area contributed by atoms with Crippen LogP contribution < -0.4 is 16.6 Å². The van der Waals surface area contributed by atoms with Gasteiger partial charge in [0.05, 0.1) is 5.56 Å². The Hall–Kier alpha value is -1.50. The third-order valence-corrected chi connectivity index (χ3v) is 2.31. The molecule has 1 aromatic rings. The minimum atomic E-state index is -4.42. The van der Waals surface area contributed by atoms with E-state index in [1.165, 1.54) is 0 Å². The summed E-state index contributed by atoms with van der Waals surface area (Å²) in [5.41, 5.74) is 1.33. The maximum absolute atomic E-state index is 12.6. The average molecular weight is 248 g/mol. The van der Waals surface area contributed by atoms with E-state index in [2.05, 4.69) is 15.7 Å². The lowest BCUT2D eigenvalue weighted by molar-refractivity contribution is -0.137. The van der Waals surface area contributed by atoms with E-state index in [-0.39, 0.29) is 17.7 Å². The number of hydrogen-bond acceptors (Lipinski definition) is 4. The number of hydrogen-bond donors (Lipinski definition) is 3. The summed E-state index contributed by atoms with van der Waals surface area (Å²) in [6.45, 7) is 3.78. The molecule has 0 radical (unpaired) electrons. The monoisotopic (exact) mass is 248 g/mol. The lowest BCUT2D eigenvalue weighted by atomic mass is 10.2. The second kappa shape index (κ2) is 5.22. The Morgan fingerprint density at radius 2 is 1.94 bits per heavy atom. The Morgan fingerprint density at radius 3 is 2.41 bits per heavy atom. The molecule has 0 amide bonds. The molecule has 7 heteroatoms. The lowest BCUT2D eigenvalue weighted by Gasteiger charge is -2.15. The van der Waals surface area contributed by atoms with Gasteiger partial charge >= 0.3 is 6.18 Å². The van der Waals surface area contributed by atoms with Crippen molar-refractivity contribution in [1.82, 2.24) is 4.98 Å². The maximum Gasteiger partial charge on any atom is 0.416 e. The molecule has 17 heavy (non-hydrogen) atoms. The number of hydrazine groups is 1. The number of halogens is 3. The Morgan fingerprint density at radius 1 is 1.35 bits per heavy atom. The smallest absolute Gasteiger partial charge is 0.368 e.